The molecule has 0 radical (unpaired) electrons. The van der Waals surface area contributed by atoms with Gasteiger partial charge in [0.25, 0.3) is 0 Å². The van der Waals surface area contributed by atoms with E-state index in [2.05, 4.69) is 16.5 Å². The van der Waals surface area contributed by atoms with E-state index >= 15 is 0 Å². The maximum atomic E-state index is 10.2. The van der Waals surface area contributed by atoms with E-state index in [1.54, 1.807) is 0 Å². The second-order valence-electron chi connectivity index (χ2n) is 7.05. The number of nitrogens with one attached hydrogen (secondary N) is 1. The maximum Gasteiger partial charge on any atom is 0.0968 e. The third kappa shape index (κ3) is 4.92. The molecule has 1 aromatic heterocycles. The summed E-state index contributed by atoms with van der Waals surface area (Å²) in [5.74, 6) is 0. The molecule has 2 rings (SSSR count). The van der Waals surface area contributed by atoms with Crippen molar-refractivity contribution in [2.75, 3.05) is 6.54 Å². The summed E-state index contributed by atoms with van der Waals surface area (Å²) in [6.07, 6.45) is 2.01. The van der Waals surface area contributed by atoms with Gasteiger partial charge in [-0.25, -0.2) is 0 Å². The van der Waals surface area contributed by atoms with Crippen LogP contribution in [0.5, 0.6) is 0 Å². The Morgan fingerprint density at radius 1 is 1.29 bits per heavy atom. The fraction of sp³-hybridized carbons (Fsp3) is 0.474. The highest BCUT2D eigenvalue weighted by Crippen LogP contribution is 2.22. The fourth-order valence-corrected chi connectivity index (χ4v) is 2.36. The van der Waals surface area contributed by atoms with Gasteiger partial charge in [0, 0.05) is 30.4 Å². The molecule has 1 heterocycles. The highest BCUT2D eigenvalue weighted by atomic mass is 16.3. The van der Waals surface area contributed by atoms with Crippen molar-refractivity contribution in [3.05, 3.63) is 42.1 Å². The first-order valence-electron chi connectivity index (χ1n) is 8.29. The van der Waals surface area contributed by atoms with E-state index in [0.717, 1.165) is 16.8 Å². The molecule has 0 saturated carbocycles. The highest BCUT2D eigenvalue weighted by molar-refractivity contribution is 5.62. The Hall–Kier alpha value is -2.16. The van der Waals surface area contributed by atoms with Gasteiger partial charge in [0.05, 0.1) is 30.8 Å². The lowest BCUT2D eigenvalue weighted by atomic mass is 9.89. The van der Waals surface area contributed by atoms with Crippen LogP contribution < -0.4 is 5.32 Å². The van der Waals surface area contributed by atoms with Crippen LogP contribution in [0.25, 0.3) is 11.3 Å². The van der Waals surface area contributed by atoms with Gasteiger partial charge in [-0.15, -0.1) is 0 Å². The Balaban J connectivity index is 2.12. The molecular weight excluding hydrogens is 300 g/mol. The van der Waals surface area contributed by atoms with Crippen LogP contribution in [-0.4, -0.2) is 27.5 Å². The molecule has 128 valence electrons. The number of hydrogen-bond donors (Lipinski definition) is 2. The van der Waals surface area contributed by atoms with E-state index in [0.29, 0.717) is 26.1 Å². The average Bonchev–Trinajstić information content (AvgIpc) is 2.96. The Bertz CT molecular complexity index is 680. The van der Waals surface area contributed by atoms with E-state index in [-0.39, 0.29) is 5.41 Å². The standard InChI is InChI=1S/C19H26N4O/c1-19(2,3)17(24)13-21-12-16-14-23(11-7-10-20)22-18(16)15-8-5-4-6-9-15/h4-6,8-9,14,17,21,24H,7,11-13H2,1-3H3. The summed E-state index contributed by atoms with van der Waals surface area (Å²) in [5, 5.41) is 26.9. The predicted molar refractivity (Wildman–Crippen MR) is 95.1 cm³/mol. The molecule has 0 aliphatic carbocycles. The third-order valence-electron chi connectivity index (χ3n) is 3.99. The van der Waals surface area contributed by atoms with Gasteiger partial charge in [0.2, 0.25) is 0 Å². The monoisotopic (exact) mass is 326 g/mol. The molecule has 5 nitrogen and oxygen atoms in total. The number of rotatable bonds is 7. The molecule has 0 aliphatic rings. The Kier molecular flexibility index (Phi) is 6.13. The summed E-state index contributed by atoms with van der Waals surface area (Å²) in [6.45, 7) is 7.81. The quantitative estimate of drug-likeness (QED) is 0.820. The zero-order valence-corrected chi connectivity index (χ0v) is 14.7. The summed E-state index contributed by atoms with van der Waals surface area (Å²) < 4.78 is 1.82. The number of aliphatic hydroxyl groups is 1. The van der Waals surface area contributed by atoms with Crippen LogP contribution in [-0.2, 0) is 13.1 Å². The van der Waals surface area contributed by atoms with Gasteiger partial charge in [-0.3, -0.25) is 4.68 Å². The van der Waals surface area contributed by atoms with Gasteiger partial charge in [0.15, 0.2) is 0 Å². The van der Waals surface area contributed by atoms with E-state index in [4.69, 9.17) is 5.26 Å². The molecule has 2 N–H and O–H groups in total. The zero-order valence-electron chi connectivity index (χ0n) is 14.7. The van der Waals surface area contributed by atoms with Crippen molar-refractivity contribution in [1.29, 1.82) is 5.26 Å². The molecule has 0 spiro atoms. The first kappa shape index (κ1) is 18.2. The van der Waals surface area contributed by atoms with Gasteiger partial charge in [0.1, 0.15) is 0 Å². The highest BCUT2D eigenvalue weighted by Gasteiger charge is 2.21. The topological polar surface area (TPSA) is 73.9 Å². The summed E-state index contributed by atoms with van der Waals surface area (Å²) in [6, 6.07) is 12.2. The van der Waals surface area contributed by atoms with Crippen LogP contribution in [0.15, 0.2) is 36.5 Å². The molecule has 1 atom stereocenters. The molecule has 0 bridgehead atoms. The molecule has 24 heavy (non-hydrogen) atoms. The van der Waals surface area contributed by atoms with Crippen molar-refractivity contribution >= 4 is 0 Å². The molecule has 0 aliphatic heterocycles. The van der Waals surface area contributed by atoms with E-state index in [1.807, 2.05) is 62.0 Å². The average molecular weight is 326 g/mol. The summed E-state index contributed by atoms with van der Waals surface area (Å²) >= 11 is 0. The number of nitrogens with zero attached hydrogens (tertiary/aromatic N) is 3. The Morgan fingerprint density at radius 3 is 2.62 bits per heavy atom. The van der Waals surface area contributed by atoms with E-state index in [9.17, 15) is 5.11 Å². The first-order chi connectivity index (χ1) is 11.4. The van der Waals surface area contributed by atoms with Gasteiger partial charge >= 0.3 is 0 Å². The zero-order chi connectivity index (χ0) is 17.6. The number of hydrogen-bond acceptors (Lipinski definition) is 4. The van der Waals surface area contributed by atoms with Gasteiger partial charge in [-0.05, 0) is 5.41 Å². The maximum absolute atomic E-state index is 10.2. The molecule has 1 unspecified atom stereocenters. The minimum atomic E-state index is -0.411. The van der Waals surface area contributed by atoms with Crippen molar-refractivity contribution < 1.29 is 5.11 Å². The summed E-state index contributed by atoms with van der Waals surface area (Å²) in [7, 11) is 0. The smallest absolute Gasteiger partial charge is 0.0968 e. The SMILES string of the molecule is CC(C)(C)C(O)CNCc1cn(CCC#N)nc1-c1ccccc1. The second kappa shape index (κ2) is 8.09. The lowest BCUT2D eigenvalue weighted by Gasteiger charge is -2.26. The fourth-order valence-electron chi connectivity index (χ4n) is 2.36. The number of benzene rings is 1. The predicted octanol–water partition coefficient (Wildman–Crippen LogP) is 2.96. The Labute approximate surface area is 143 Å². The largest absolute Gasteiger partial charge is 0.391 e. The van der Waals surface area contributed by atoms with Crippen molar-refractivity contribution in [3.63, 3.8) is 0 Å². The van der Waals surface area contributed by atoms with E-state index < -0.39 is 6.10 Å². The molecular formula is C19H26N4O. The molecule has 0 fully saturated rings. The molecule has 1 aromatic carbocycles. The minimum absolute atomic E-state index is 0.147. The second-order valence-corrected chi connectivity index (χ2v) is 7.05. The van der Waals surface area contributed by atoms with Crippen molar-refractivity contribution in [2.24, 2.45) is 5.41 Å². The summed E-state index contributed by atoms with van der Waals surface area (Å²) in [5.41, 5.74) is 2.90. The number of aryl methyl sites for hydroxylation is 1. The molecule has 0 amide bonds. The minimum Gasteiger partial charge on any atom is -0.391 e. The van der Waals surface area contributed by atoms with Gasteiger partial charge in [-0.2, -0.15) is 10.4 Å². The van der Waals surface area contributed by atoms with Crippen LogP contribution >= 0.6 is 0 Å². The van der Waals surface area contributed by atoms with Crippen LogP contribution in [0.3, 0.4) is 0 Å². The van der Waals surface area contributed by atoms with Crippen molar-refractivity contribution in [3.8, 4) is 17.3 Å². The van der Waals surface area contributed by atoms with Crippen LogP contribution in [0.4, 0.5) is 0 Å². The van der Waals surface area contributed by atoms with Crippen LogP contribution in [0.2, 0.25) is 0 Å². The van der Waals surface area contributed by atoms with Crippen molar-refractivity contribution in [2.45, 2.75) is 46.4 Å². The van der Waals surface area contributed by atoms with Crippen LogP contribution in [0, 0.1) is 16.7 Å². The number of aromatic nitrogens is 2. The Morgan fingerprint density at radius 2 is 2.00 bits per heavy atom. The van der Waals surface area contributed by atoms with Crippen molar-refractivity contribution in [1.82, 2.24) is 15.1 Å². The first-order valence-corrected chi connectivity index (χ1v) is 8.29. The van der Waals surface area contributed by atoms with Gasteiger partial charge < -0.3 is 10.4 Å². The third-order valence-corrected chi connectivity index (χ3v) is 3.99. The molecule has 5 heteroatoms. The normalized spacial score (nSPS) is 12.8. The number of nitriles is 1. The van der Waals surface area contributed by atoms with Crippen LogP contribution in [0.1, 0.15) is 32.8 Å². The van der Waals surface area contributed by atoms with E-state index in [1.165, 1.54) is 0 Å². The summed E-state index contributed by atoms with van der Waals surface area (Å²) in [4.78, 5) is 0. The lowest BCUT2D eigenvalue weighted by Crippen LogP contribution is -2.36. The lowest BCUT2D eigenvalue weighted by molar-refractivity contribution is 0.0628. The van der Waals surface area contributed by atoms with Gasteiger partial charge in [-0.1, -0.05) is 51.1 Å². The number of aliphatic hydroxyl groups excluding tert-OH is 1. The molecule has 0 saturated heterocycles. The molecule has 2 aromatic rings.